The Hall–Kier alpha value is -1.31. The summed E-state index contributed by atoms with van der Waals surface area (Å²) in [7, 11) is 1.61. The summed E-state index contributed by atoms with van der Waals surface area (Å²) in [5, 5.41) is 0. The van der Waals surface area contributed by atoms with E-state index < -0.39 is 0 Å². The molecule has 1 aromatic carbocycles. The van der Waals surface area contributed by atoms with Crippen LogP contribution in [0, 0.1) is 0 Å². The highest BCUT2D eigenvalue weighted by atomic mass is 16.5. The quantitative estimate of drug-likeness (QED) is 0.662. The molecule has 0 heterocycles. The number of hydrogen-bond donors (Lipinski definition) is 0. The second kappa shape index (κ2) is 4.65. The molecule has 1 aromatic rings. The van der Waals surface area contributed by atoms with Crippen LogP contribution in [-0.4, -0.2) is 13.4 Å². The van der Waals surface area contributed by atoms with E-state index in [1.165, 1.54) is 0 Å². The smallest absolute Gasteiger partial charge is 0.150 e. The first kappa shape index (κ1) is 9.78. The third kappa shape index (κ3) is 2.58. The van der Waals surface area contributed by atoms with Gasteiger partial charge in [-0.05, 0) is 30.2 Å². The zero-order valence-corrected chi connectivity index (χ0v) is 8.04. The summed E-state index contributed by atoms with van der Waals surface area (Å²) in [6, 6.07) is 5.61. The van der Waals surface area contributed by atoms with E-state index in [0.717, 1.165) is 30.4 Å². The zero-order chi connectivity index (χ0) is 9.68. The fourth-order valence-electron chi connectivity index (χ4n) is 1.30. The maximum atomic E-state index is 10.6. The van der Waals surface area contributed by atoms with Crippen molar-refractivity contribution in [3.8, 4) is 5.75 Å². The summed E-state index contributed by atoms with van der Waals surface area (Å²) in [5.74, 6) is 0.757. The molecule has 0 aliphatic carbocycles. The van der Waals surface area contributed by atoms with Crippen LogP contribution < -0.4 is 4.74 Å². The Balaban J connectivity index is 2.99. The molecule has 1 rings (SSSR count). The average molecular weight is 178 g/mol. The van der Waals surface area contributed by atoms with Gasteiger partial charge in [-0.2, -0.15) is 0 Å². The molecule has 13 heavy (non-hydrogen) atoms. The number of aryl methyl sites for hydroxylation is 1. The van der Waals surface area contributed by atoms with Gasteiger partial charge in [0, 0.05) is 5.56 Å². The summed E-state index contributed by atoms with van der Waals surface area (Å²) in [5.41, 5.74) is 1.84. The van der Waals surface area contributed by atoms with E-state index in [0.29, 0.717) is 5.56 Å². The third-order valence-electron chi connectivity index (χ3n) is 1.90. The lowest BCUT2D eigenvalue weighted by Gasteiger charge is -2.04. The molecule has 2 nitrogen and oxygen atoms in total. The molecular weight excluding hydrogens is 164 g/mol. The monoisotopic (exact) mass is 178 g/mol. The second-order valence-electron chi connectivity index (χ2n) is 2.98. The lowest BCUT2D eigenvalue weighted by atomic mass is 10.1. The van der Waals surface area contributed by atoms with E-state index in [1.807, 2.05) is 12.1 Å². The highest BCUT2D eigenvalue weighted by molar-refractivity contribution is 5.76. The Bertz CT molecular complexity index is 292. The van der Waals surface area contributed by atoms with Crippen LogP contribution in [0.15, 0.2) is 18.2 Å². The predicted molar refractivity (Wildman–Crippen MR) is 52.4 cm³/mol. The number of aldehydes is 1. The summed E-state index contributed by atoms with van der Waals surface area (Å²) in [6.07, 6.45) is 2.91. The number of methoxy groups -OCH3 is 1. The molecule has 0 fully saturated rings. The van der Waals surface area contributed by atoms with Gasteiger partial charge in [-0.25, -0.2) is 0 Å². The van der Waals surface area contributed by atoms with E-state index in [9.17, 15) is 4.79 Å². The minimum absolute atomic E-state index is 0.683. The predicted octanol–water partition coefficient (Wildman–Crippen LogP) is 2.46. The molecular formula is C11H14O2. The first-order valence-corrected chi connectivity index (χ1v) is 4.43. The number of hydrogen-bond acceptors (Lipinski definition) is 2. The molecule has 0 aliphatic heterocycles. The zero-order valence-electron chi connectivity index (χ0n) is 8.04. The fraction of sp³-hybridized carbons (Fsp3) is 0.364. The Morgan fingerprint density at radius 3 is 2.69 bits per heavy atom. The van der Waals surface area contributed by atoms with Crippen LogP contribution in [-0.2, 0) is 6.42 Å². The molecule has 0 bridgehead atoms. The van der Waals surface area contributed by atoms with Gasteiger partial charge < -0.3 is 4.74 Å². The van der Waals surface area contributed by atoms with E-state index in [1.54, 1.807) is 13.2 Å². The van der Waals surface area contributed by atoms with Crippen molar-refractivity contribution in [3.63, 3.8) is 0 Å². The molecule has 70 valence electrons. The Morgan fingerprint density at radius 2 is 2.15 bits per heavy atom. The second-order valence-corrected chi connectivity index (χ2v) is 2.98. The number of benzene rings is 1. The third-order valence-corrected chi connectivity index (χ3v) is 1.90. The number of ether oxygens (including phenoxy) is 1. The Kier molecular flexibility index (Phi) is 3.50. The molecule has 0 atom stereocenters. The van der Waals surface area contributed by atoms with Gasteiger partial charge in [0.05, 0.1) is 7.11 Å². The molecule has 0 spiro atoms. The number of carbonyl (C=O) groups excluding carboxylic acids is 1. The van der Waals surface area contributed by atoms with Gasteiger partial charge in [-0.1, -0.05) is 13.3 Å². The van der Waals surface area contributed by atoms with E-state index in [4.69, 9.17) is 4.74 Å². The lowest BCUT2D eigenvalue weighted by Crippen LogP contribution is -1.91. The molecule has 0 N–H and O–H groups in total. The van der Waals surface area contributed by atoms with Gasteiger partial charge in [-0.3, -0.25) is 4.79 Å². The average Bonchev–Trinajstić information content (AvgIpc) is 2.17. The van der Waals surface area contributed by atoms with Crippen molar-refractivity contribution < 1.29 is 9.53 Å². The highest BCUT2D eigenvalue weighted by Gasteiger charge is 1.99. The minimum atomic E-state index is 0.683. The molecule has 0 saturated heterocycles. The topological polar surface area (TPSA) is 26.3 Å². The van der Waals surface area contributed by atoms with Crippen molar-refractivity contribution in [1.82, 2.24) is 0 Å². The molecule has 0 aliphatic rings. The SMILES string of the molecule is CCCc1cc(C=O)cc(OC)c1. The van der Waals surface area contributed by atoms with Crippen LogP contribution in [0.1, 0.15) is 29.3 Å². The van der Waals surface area contributed by atoms with Crippen molar-refractivity contribution in [2.24, 2.45) is 0 Å². The van der Waals surface area contributed by atoms with Crippen molar-refractivity contribution >= 4 is 6.29 Å². The highest BCUT2D eigenvalue weighted by Crippen LogP contribution is 2.16. The Morgan fingerprint density at radius 1 is 1.38 bits per heavy atom. The van der Waals surface area contributed by atoms with Gasteiger partial charge >= 0.3 is 0 Å². The van der Waals surface area contributed by atoms with Gasteiger partial charge in [0.1, 0.15) is 12.0 Å². The minimum Gasteiger partial charge on any atom is -0.497 e. The lowest BCUT2D eigenvalue weighted by molar-refractivity contribution is 0.112. The van der Waals surface area contributed by atoms with Crippen molar-refractivity contribution in [2.75, 3.05) is 7.11 Å². The summed E-state index contributed by atoms with van der Waals surface area (Å²) in [6.45, 7) is 2.11. The number of rotatable bonds is 4. The largest absolute Gasteiger partial charge is 0.497 e. The summed E-state index contributed by atoms with van der Waals surface area (Å²) >= 11 is 0. The van der Waals surface area contributed by atoms with Gasteiger partial charge in [0.25, 0.3) is 0 Å². The normalized spacial score (nSPS) is 9.69. The van der Waals surface area contributed by atoms with Crippen molar-refractivity contribution in [1.29, 1.82) is 0 Å². The first-order valence-electron chi connectivity index (χ1n) is 4.43. The van der Waals surface area contributed by atoms with Crippen LogP contribution in [0.4, 0.5) is 0 Å². The molecule has 0 unspecified atom stereocenters. The Labute approximate surface area is 78.5 Å². The summed E-state index contributed by atoms with van der Waals surface area (Å²) < 4.78 is 5.08. The van der Waals surface area contributed by atoms with Crippen molar-refractivity contribution in [3.05, 3.63) is 29.3 Å². The van der Waals surface area contributed by atoms with Crippen LogP contribution in [0.3, 0.4) is 0 Å². The number of carbonyl (C=O) groups is 1. The van der Waals surface area contributed by atoms with Crippen LogP contribution >= 0.6 is 0 Å². The summed E-state index contributed by atoms with van der Waals surface area (Å²) in [4.78, 5) is 10.6. The van der Waals surface area contributed by atoms with Gasteiger partial charge in [-0.15, -0.1) is 0 Å². The fourth-order valence-corrected chi connectivity index (χ4v) is 1.30. The maximum absolute atomic E-state index is 10.6. The first-order chi connectivity index (χ1) is 6.30. The standard InChI is InChI=1S/C11H14O2/c1-3-4-9-5-10(8-12)7-11(6-9)13-2/h5-8H,3-4H2,1-2H3. The van der Waals surface area contributed by atoms with Gasteiger partial charge in [0.2, 0.25) is 0 Å². The van der Waals surface area contributed by atoms with Crippen LogP contribution in [0.25, 0.3) is 0 Å². The molecule has 0 saturated carbocycles. The molecule has 0 radical (unpaired) electrons. The van der Waals surface area contributed by atoms with Crippen LogP contribution in [0.5, 0.6) is 5.75 Å². The molecule has 2 heteroatoms. The van der Waals surface area contributed by atoms with E-state index >= 15 is 0 Å². The maximum Gasteiger partial charge on any atom is 0.150 e. The molecule has 0 amide bonds. The van der Waals surface area contributed by atoms with Gasteiger partial charge in [0.15, 0.2) is 0 Å². The van der Waals surface area contributed by atoms with E-state index in [2.05, 4.69) is 6.92 Å². The van der Waals surface area contributed by atoms with Crippen molar-refractivity contribution in [2.45, 2.75) is 19.8 Å². The van der Waals surface area contributed by atoms with E-state index in [-0.39, 0.29) is 0 Å². The molecule has 0 aromatic heterocycles. The van der Waals surface area contributed by atoms with Crippen LogP contribution in [0.2, 0.25) is 0 Å².